The fraction of sp³-hybridized carbons (Fsp3) is 0.333. The SMILES string of the molecule is CNC(=O)CCOc1ccc(NC(=O)CCl)cc1. The van der Waals surface area contributed by atoms with Gasteiger partial charge in [-0.15, -0.1) is 11.6 Å². The number of hydrogen-bond acceptors (Lipinski definition) is 3. The lowest BCUT2D eigenvalue weighted by atomic mass is 10.3. The van der Waals surface area contributed by atoms with Crippen LogP contribution in [0, 0.1) is 0 Å². The molecule has 0 aliphatic rings. The minimum Gasteiger partial charge on any atom is -0.493 e. The molecular formula is C12H15ClN2O3. The normalized spacial score (nSPS) is 9.67. The number of hydrogen-bond donors (Lipinski definition) is 2. The van der Waals surface area contributed by atoms with Crippen LogP contribution < -0.4 is 15.4 Å². The van der Waals surface area contributed by atoms with E-state index in [9.17, 15) is 9.59 Å². The van der Waals surface area contributed by atoms with E-state index < -0.39 is 0 Å². The van der Waals surface area contributed by atoms with Crippen LogP contribution in [0.2, 0.25) is 0 Å². The predicted octanol–water partition coefficient (Wildman–Crippen LogP) is 1.38. The number of halogens is 1. The summed E-state index contributed by atoms with van der Waals surface area (Å²) in [6, 6.07) is 6.85. The number of carbonyl (C=O) groups excluding carboxylic acids is 2. The second-order valence-electron chi connectivity index (χ2n) is 3.48. The van der Waals surface area contributed by atoms with Crippen molar-refractivity contribution in [3.05, 3.63) is 24.3 Å². The molecule has 0 aliphatic carbocycles. The Labute approximate surface area is 110 Å². The largest absolute Gasteiger partial charge is 0.493 e. The molecular weight excluding hydrogens is 256 g/mol. The maximum atomic E-state index is 11.0. The number of amides is 2. The first-order valence-corrected chi connectivity index (χ1v) is 5.98. The second-order valence-corrected chi connectivity index (χ2v) is 3.75. The van der Waals surface area contributed by atoms with E-state index in [-0.39, 0.29) is 17.7 Å². The summed E-state index contributed by atoms with van der Waals surface area (Å²) in [5, 5.41) is 5.12. The van der Waals surface area contributed by atoms with Crippen LogP contribution in [0.4, 0.5) is 5.69 Å². The molecule has 2 amide bonds. The van der Waals surface area contributed by atoms with Crippen molar-refractivity contribution >= 4 is 29.1 Å². The molecule has 18 heavy (non-hydrogen) atoms. The van der Waals surface area contributed by atoms with Crippen molar-refractivity contribution in [1.29, 1.82) is 0 Å². The van der Waals surface area contributed by atoms with E-state index in [4.69, 9.17) is 16.3 Å². The molecule has 6 heteroatoms. The van der Waals surface area contributed by atoms with Crippen LogP contribution in [-0.4, -0.2) is 31.3 Å². The lowest BCUT2D eigenvalue weighted by molar-refractivity contribution is -0.121. The van der Waals surface area contributed by atoms with Gasteiger partial charge in [0.15, 0.2) is 0 Å². The Morgan fingerprint density at radius 3 is 2.44 bits per heavy atom. The number of benzene rings is 1. The van der Waals surface area contributed by atoms with Gasteiger partial charge in [-0.3, -0.25) is 9.59 Å². The maximum absolute atomic E-state index is 11.0. The fourth-order valence-corrected chi connectivity index (χ4v) is 1.28. The average molecular weight is 271 g/mol. The van der Waals surface area contributed by atoms with Gasteiger partial charge in [0.25, 0.3) is 0 Å². The lowest BCUT2D eigenvalue weighted by Crippen LogP contribution is -2.20. The van der Waals surface area contributed by atoms with E-state index in [1.807, 2.05) is 0 Å². The number of carbonyl (C=O) groups is 2. The van der Waals surface area contributed by atoms with E-state index in [1.54, 1.807) is 31.3 Å². The van der Waals surface area contributed by atoms with E-state index in [0.717, 1.165) is 0 Å². The van der Waals surface area contributed by atoms with E-state index in [0.29, 0.717) is 24.5 Å². The Morgan fingerprint density at radius 1 is 1.22 bits per heavy atom. The van der Waals surface area contributed by atoms with E-state index >= 15 is 0 Å². The van der Waals surface area contributed by atoms with Gasteiger partial charge in [0, 0.05) is 12.7 Å². The standard InChI is InChI=1S/C12H15ClN2O3/c1-14-11(16)6-7-18-10-4-2-9(3-5-10)15-12(17)8-13/h2-5H,6-8H2,1H3,(H,14,16)(H,15,17). The molecule has 0 aromatic heterocycles. The van der Waals surface area contributed by atoms with Gasteiger partial charge in [-0.25, -0.2) is 0 Å². The minimum atomic E-state index is -0.259. The maximum Gasteiger partial charge on any atom is 0.239 e. The van der Waals surface area contributed by atoms with Crippen molar-refractivity contribution in [3.63, 3.8) is 0 Å². The van der Waals surface area contributed by atoms with Crippen LogP contribution in [0.5, 0.6) is 5.75 Å². The molecule has 0 heterocycles. The minimum absolute atomic E-state index is 0.0685. The molecule has 0 fully saturated rings. The molecule has 1 aromatic rings. The van der Waals surface area contributed by atoms with Crippen molar-refractivity contribution in [3.8, 4) is 5.75 Å². The summed E-state index contributed by atoms with van der Waals surface area (Å²) in [6.45, 7) is 0.313. The van der Waals surface area contributed by atoms with E-state index in [1.165, 1.54) is 0 Å². The van der Waals surface area contributed by atoms with Crippen molar-refractivity contribution in [2.24, 2.45) is 0 Å². The summed E-state index contributed by atoms with van der Waals surface area (Å²) in [6.07, 6.45) is 0.307. The Morgan fingerprint density at radius 2 is 1.89 bits per heavy atom. The summed E-state index contributed by atoms with van der Waals surface area (Å²) < 4.78 is 5.37. The quantitative estimate of drug-likeness (QED) is 0.768. The number of alkyl halides is 1. The summed E-state index contributed by atoms with van der Waals surface area (Å²) in [7, 11) is 1.58. The highest BCUT2D eigenvalue weighted by Gasteiger charge is 2.01. The zero-order chi connectivity index (χ0) is 13.4. The average Bonchev–Trinajstić information content (AvgIpc) is 2.40. The highest BCUT2D eigenvalue weighted by molar-refractivity contribution is 6.29. The van der Waals surface area contributed by atoms with Crippen molar-refractivity contribution in [1.82, 2.24) is 5.32 Å². The lowest BCUT2D eigenvalue weighted by Gasteiger charge is -2.07. The smallest absolute Gasteiger partial charge is 0.239 e. The number of nitrogens with one attached hydrogen (secondary N) is 2. The van der Waals surface area contributed by atoms with Gasteiger partial charge in [0.1, 0.15) is 11.6 Å². The predicted molar refractivity (Wildman–Crippen MR) is 70.0 cm³/mol. The van der Waals surface area contributed by atoms with Gasteiger partial charge in [-0.05, 0) is 24.3 Å². The Hall–Kier alpha value is -1.75. The molecule has 5 nitrogen and oxygen atoms in total. The topological polar surface area (TPSA) is 67.4 Å². The van der Waals surface area contributed by atoms with Gasteiger partial charge in [0.05, 0.1) is 13.0 Å². The highest BCUT2D eigenvalue weighted by Crippen LogP contribution is 2.15. The van der Waals surface area contributed by atoms with Gasteiger partial charge in [-0.2, -0.15) is 0 Å². The van der Waals surface area contributed by atoms with Gasteiger partial charge < -0.3 is 15.4 Å². The van der Waals surface area contributed by atoms with Gasteiger partial charge in [-0.1, -0.05) is 0 Å². The highest BCUT2D eigenvalue weighted by atomic mass is 35.5. The van der Waals surface area contributed by atoms with Gasteiger partial charge >= 0.3 is 0 Å². The number of rotatable bonds is 6. The zero-order valence-electron chi connectivity index (χ0n) is 10.0. The zero-order valence-corrected chi connectivity index (χ0v) is 10.8. The molecule has 2 N–H and O–H groups in total. The fourth-order valence-electron chi connectivity index (χ4n) is 1.22. The van der Waals surface area contributed by atoms with Gasteiger partial charge in [0.2, 0.25) is 11.8 Å². The van der Waals surface area contributed by atoms with Crippen molar-refractivity contribution in [2.45, 2.75) is 6.42 Å². The molecule has 0 saturated carbocycles. The first kappa shape index (κ1) is 14.3. The molecule has 0 radical (unpaired) electrons. The molecule has 0 unspecified atom stereocenters. The Balaban J connectivity index is 2.40. The van der Waals surface area contributed by atoms with Crippen molar-refractivity contribution < 1.29 is 14.3 Å². The number of ether oxygens (including phenoxy) is 1. The van der Waals surface area contributed by atoms with Crippen LogP contribution in [0.15, 0.2) is 24.3 Å². The van der Waals surface area contributed by atoms with Crippen LogP contribution in [-0.2, 0) is 9.59 Å². The molecule has 98 valence electrons. The summed E-state index contributed by atoms with van der Waals surface area (Å²) >= 11 is 5.37. The summed E-state index contributed by atoms with van der Waals surface area (Å²) in [4.78, 5) is 22.0. The van der Waals surface area contributed by atoms with Crippen LogP contribution >= 0.6 is 11.6 Å². The van der Waals surface area contributed by atoms with Crippen LogP contribution in [0.3, 0.4) is 0 Å². The molecule has 0 bridgehead atoms. The summed E-state index contributed by atoms with van der Waals surface area (Å²) in [5.74, 6) is 0.235. The first-order valence-electron chi connectivity index (χ1n) is 5.45. The van der Waals surface area contributed by atoms with E-state index in [2.05, 4.69) is 10.6 Å². The molecule has 1 rings (SSSR count). The third-order valence-corrected chi connectivity index (χ3v) is 2.38. The molecule has 0 saturated heterocycles. The summed E-state index contributed by atoms with van der Waals surface area (Å²) in [5.41, 5.74) is 0.652. The second kappa shape index (κ2) is 7.55. The first-order chi connectivity index (χ1) is 8.65. The monoisotopic (exact) mass is 270 g/mol. The van der Waals surface area contributed by atoms with Crippen LogP contribution in [0.25, 0.3) is 0 Å². The molecule has 1 aromatic carbocycles. The van der Waals surface area contributed by atoms with Crippen molar-refractivity contribution in [2.75, 3.05) is 24.9 Å². The molecule has 0 atom stereocenters. The van der Waals surface area contributed by atoms with Crippen LogP contribution in [0.1, 0.15) is 6.42 Å². The third-order valence-electron chi connectivity index (χ3n) is 2.14. The third kappa shape index (κ3) is 5.05. The molecule has 0 aliphatic heterocycles. The molecule has 0 spiro atoms. The Bertz CT molecular complexity index is 406. The number of anilines is 1. The Kier molecular flexibility index (Phi) is 6.00.